The first-order valence-corrected chi connectivity index (χ1v) is 15.0. The van der Waals surface area contributed by atoms with Crippen molar-refractivity contribution in [3.63, 3.8) is 0 Å². The SMILES string of the molecule is c1ccc(-c2nc(-c3ccc4oc5ccccc5c4c3)nc(-c3ccc(-c4ccc5ccccc5c4)c4ccccc34)n2)cc1. The highest BCUT2D eigenvalue weighted by Gasteiger charge is 2.17. The summed E-state index contributed by atoms with van der Waals surface area (Å²) in [7, 11) is 0. The molecule has 9 aromatic rings. The second kappa shape index (κ2) is 10.2. The molecule has 0 aliphatic heterocycles. The fourth-order valence-corrected chi connectivity index (χ4v) is 6.31. The monoisotopic (exact) mass is 575 g/mol. The Morgan fingerprint density at radius 3 is 1.78 bits per heavy atom. The first kappa shape index (κ1) is 25.4. The number of benzene rings is 7. The van der Waals surface area contributed by atoms with E-state index in [1.165, 1.54) is 21.9 Å². The van der Waals surface area contributed by atoms with Gasteiger partial charge in [-0.25, -0.2) is 15.0 Å². The zero-order valence-corrected chi connectivity index (χ0v) is 24.2. The average molecular weight is 576 g/mol. The normalized spacial score (nSPS) is 11.6. The summed E-state index contributed by atoms with van der Waals surface area (Å²) in [6.45, 7) is 0. The third kappa shape index (κ3) is 4.35. The number of furan rings is 1. The Kier molecular flexibility index (Phi) is 5.78. The van der Waals surface area contributed by atoms with Crippen molar-refractivity contribution < 1.29 is 4.42 Å². The Balaban J connectivity index is 1.25. The molecule has 210 valence electrons. The maximum absolute atomic E-state index is 6.10. The Hall–Kier alpha value is -6.13. The number of hydrogen-bond donors (Lipinski definition) is 0. The predicted octanol–water partition coefficient (Wildman–Crippen LogP) is 10.7. The number of fused-ring (bicyclic) bond motifs is 5. The third-order valence-corrected chi connectivity index (χ3v) is 8.53. The third-order valence-electron chi connectivity index (χ3n) is 8.53. The van der Waals surface area contributed by atoms with Crippen molar-refractivity contribution in [2.75, 3.05) is 0 Å². The van der Waals surface area contributed by atoms with E-state index >= 15 is 0 Å². The largest absolute Gasteiger partial charge is 0.456 e. The van der Waals surface area contributed by atoms with E-state index in [1.54, 1.807) is 0 Å². The molecule has 45 heavy (non-hydrogen) atoms. The van der Waals surface area contributed by atoms with Crippen molar-refractivity contribution in [3.05, 3.63) is 152 Å². The molecule has 0 unspecified atom stereocenters. The lowest BCUT2D eigenvalue weighted by molar-refractivity contribution is 0.669. The molecule has 7 aromatic carbocycles. The van der Waals surface area contributed by atoms with Crippen LogP contribution < -0.4 is 0 Å². The molecule has 0 amide bonds. The molecule has 4 heteroatoms. The summed E-state index contributed by atoms with van der Waals surface area (Å²) in [5, 5.41) is 6.81. The van der Waals surface area contributed by atoms with Gasteiger partial charge in [0.25, 0.3) is 0 Å². The van der Waals surface area contributed by atoms with Crippen LogP contribution >= 0.6 is 0 Å². The molecular weight excluding hydrogens is 550 g/mol. The Labute approximate surface area is 259 Å². The maximum atomic E-state index is 6.10. The molecule has 0 atom stereocenters. The molecule has 0 saturated heterocycles. The van der Waals surface area contributed by atoms with Gasteiger partial charge in [-0.15, -0.1) is 0 Å². The molecule has 0 saturated carbocycles. The lowest BCUT2D eigenvalue weighted by atomic mass is 9.93. The van der Waals surface area contributed by atoms with Crippen LogP contribution in [-0.2, 0) is 0 Å². The van der Waals surface area contributed by atoms with Gasteiger partial charge in [0.15, 0.2) is 17.5 Å². The van der Waals surface area contributed by atoms with Gasteiger partial charge in [0, 0.05) is 27.5 Å². The van der Waals surface area contributed by atoms with Gasteiger partial charge in [-0.05, 0) is 69.1 Å². The van der Waals surface area contributed by atoms with Crippen LogP contribution in [0.25, 0.3) is 88.8 Å². The van der Waals surface area contributed by atoms with Crippen LogP contribution in [0.4, 0.5) is 0 Å². The molecule has 0 radical (unpaired) electrons. The molecule has 0 bridgehead atoms. The highest BCUT2D eigenvalue weighted by molar-refractivity contribution is 6.07. The number of hydrogen-bond acceptors (Lipinski definition) is 4. The van der Waals surface area contributed by atoms with Gasteiger partial charge in [-0.3, -0.25) is 0 Å². The van der Waals surface area contributed by atoms with Gasteiger partial charge in [0.2, 0.25) is 0 Å². The van der Waals surface area contributed by atoms with Crippen LogP contribution in [0.3, 0.4) is 0 Å². The molecule has 4 nitrogen and oxygen atoms in total. The molecule has 0 N–H and O–H groups in total. The second-order valence-corrected chi connectivity index (χ2v) is 11.2. The van der Waals surface area contributed by atoms with Crippen molar-refractivity contribution in [1.82, 2.24) is 15.0 Å². The van der Waals surface area contributed by atoms with Crippen LogP contribution in [-0.4, -0.2) is 15.0 Å². The molecular formula is C41H25N3O. The van der Waals surface area contributed by atoms with E-state index in [1.807, 2.05) is 60.7 Å². The zero-order chi connectivity index (χ0) is 29.7. The predicted molar refractivity (Wildman–Crippen MR) is 184 cm³/mol. The van der Waals surface area contributed by atoms with Crippen molar-refractivity contribution >= 4 is 43.5 Å². The lowest BCUT2D eigenvalue weighted by Gasteiger charge is -2.13. The summed E-state index contributed by atoms with van der Waals surface area (Å²) >= 11 is 0. The van der Waals surface area contributed by atoms with E-state index in [-0.39, 0.29) is 0 Å². The first-order valence-electron chi connectivity index (χ1n) is 15.0. The van der Waals surface area contributed by atoms with Crippen LogP contribution in [0.2, 0.25) is 0 Å². The minimum Gasteiger partial charge on any atom is -0.456 e. The Morgan fingerprint density at radius 2 is 0.933 bits per heavy atom. The lowest BCUT2D eigenvalue weighted by Crippen LogP contribution is -2.00. The van der Waals surface area contributed by atoms with Crippen LogP contribution in [0.5, 0.6) is 0 Å². The zero-order valence-electron chi connectivity index (χ0n) is 24.2. The van der Waals surface area contributed by atoms with Crippen LogP contribution in [0.15, 0.2) is 156 Å². The minimum atomic E-state index is 0.619. The van der Waals surface area contributed by atoms with E-state index in [0.717, 1.165) is 49.4 Å². The maximum Gasteiger partial charge on any atom is 0.164 e. The fourth-order valence-electron chi connectivity index (χ4n) is 6.31. The van der Waals surface area contributed by atoms with Crippen molar-refractivity contribution in [1.29, 1.82) is 0 Å². The second-order valence-electron chi connectivity index (χ2n) is 11.2. The van der Waals surface area contributed by atoms with Gasteiger partial charge >= 0.3 is 0 Å². The number of para-hydroxylation sites is 1. The van der Waals surface area contributed by atoms with E-state index in [4.69, 9.17) is 19.4 Å². The number of aromatic nitrogens is 3. The topological polar surface area (TPSA) is 51.8 Å². The van der Waals surface area contributed by atoms with Crippen molar-refractivity contribution in [2.24, 2.45) is 0 Å². The summed E-state index contributed by atoms with van der Waals surface area (Å²) in [6, 6.07) is 52.3. The highest BCUT2D eigenvalue weighted by atomic mass is 16.3. The number of nitrogens with zero attached hydrogens (tertiary/aromatic N) is 3. The molecule has 9 rings (SSSR count). The quantitative estimate of drug-likeness (QED) is 0.209. The molecule has 0 aliphatic carbocycles. The smallest absolute Gasteiger partial charge is 0.164 e. The van der Waals surface area contributed by atoms with E-state index in [2.05, 4.69) is 91.0 Å². The first-order chi connectivity index (χ1) is 22.3. The van der Waals surface area contributed by atoms with Gasteiger partial charge in [0.1, 0.15) is 11.2 Å². The van der Waals surface area contributed by atoms with Gasteiger partial charge in [0.05, 0.1) is 0 Å². The Morgan fingerprint density at radius 1 is 0.333 bits per heavy atom. The summed E-state index contributed by atoms with van der Waals surface area (Å²) in [5.41, 5.74) is 6.87. The van der Waals surface area contributed by atoms with E-state index < -0.39 is 0 Å². The molecule has 0 fully saturated rings. The van der Waals surface area contributed by atoms with Gasteiger partial charge < -0.3 is 4.42 Å². The number of rotatable bonds is 4. The molecule has 0 aliphatic rings. The summed E-state index contributed by atoms with van der Waals surface area (Å²) < 4.78 is 6.10. The van der Waals surface area contributed by atoms with Crippen LogP contribution in [0.1, 0.15) is 0 Å². The van der Waals surface area contributed by atoms with Crippen molar-refractivity contribution in [2.45, 2.75) is 0 Å². The summed E-state index contributed by atoms with van der Waals surface area (Å²) in [5.74, 6) is 1.89. The van der Waals surface area contributed by atoms with E-state index in [9.17, 15) is 0 Å². The molecule has 2 heterocycles. The average Bonchev–Trinajstić information content (AvgIpc) is 3.49. The molecule has 0 spiro atoms. The van der Waals surface area contributed by atoms with Crippen LogP contribution in [0, 0.1) is 0 Å². The van der Waals surface area contributed by atoms with Gasteiger partial charge in [-0.1, -0.05) is 115 Å². The summed E-state index contributed by atoms with van der Waals surface area (Å²) in [6.07, 6.45) is 0. The van der Waals surface area contributed by atoms with Crippen molar-refractivity contribution in [3.8, 4) is 45.3 Å². The molecule has 2 aromatic heterocycles. The standard InChI is InChI=1S/C41H25N3O/c1-2-11-27(12-3-1)39-42-40(30-20-23-38-36(25-30)34-16-8-9-17-37(34)45-38)44-41(43-39)35-22-21-31(32-14-6-7-15-33(32)35)29-19-18-26-10-4-5-13-28(26)24-29/h1-25H. The minimum absolute atomic E-state index is 0.619. The fraction of sp³-hybridized carbons (Fsp3) is 0. The highest BCUT2D eigenvalue weighted by Crippen LogP contribution is 2.37. The van der Waals surface area contributed by atoms with Gasteiger partial charge in [-0.2, -0.15) is 0 Å². The summed E-state index contributed by atoms with van der Waals surface area (Å²) in [4.78, 5) is 15.2. The van der Waals surface area contributed by atoms with E-state index in [0.29, 0.717) is 17.5 Å². The Bertz CT molecular complexity index is 2550.